The number of fused-ring (bicyclic) bond motifs is 1. The van der Waals surface area contributed by atoms with Crippen LogP contribution in [0.25, 0.3) is 10.9 Å². The molecule has 1 amide bonds. The number of aromatic nitrogens is 2. The molecule has 150 valence electrons. The van der Waals surface area contributed by atoms with Crippen molar-refractivity contribution >= 4 is 39.9 Å². The maximum atomic E-state index is 12.9. The summed E-state index contributed by atoms with van der Waals surface area (Å²) in [5.41, 5.74) is 0.380. The molecule has 0 spiro atoms. The first-order chi connectivity index (χ1) is 13.9. The highest BCUT2D eigenvalue weighted by molar-refractivity contribution is 7.99. The zero-order chi connectivity index (χ0) is 21.0. The summed E-state index contributed by atoms with van der Waals surface area (Å²) < 4.78 is 1.60. The maximum absolute atomic E-state index is 12.9. The Labute approximate surface area is 171 Å². The first-order valence-corrected chi connectivity index (χ1v) is 10.1. The van der Waals surface area contributed by atoms with E-state index in [4.69, 9.17) is 0 Å². The molecule has 1 N–H and O–H groups in total. The molecule has 0 fully saturated rings. The highest BCUT2D eigenvalue weighted by Gasteiger charge is 2.18. The van der Waals surface area contributed by atoms with E-state index in [1.54, 1.807) is 34.9 Å². The van der Waals surface area contributed by atoms with Crippen LogP contribution in [0.2, 0.25) is 0 Å². The van der Waals surface area contributed by atoms with E-state index >= 15 is 0 Å². The van der Waals surface area contributed by atoms with Gasteiger partial charge in [0.05, 0.1) is 21.6 Å². The van der Waals surface area contributed by atoms with Crippen molar-refractivity contribution in [3.8, 4) is 0 Å². The molecule has 0 aliphatic carbocycles. The fourth-order valence-electron chi connectivity index (χ4n) is 2.85. The lowest BCUT2D eigenvalue weighted by atomic mass is 10.2. The first-order valence-electron chi connectivity index (χ1n) is 9.09. The molecule has 1 atom stereocenters. The zero-order valence-electron chi connectivity index (χ0n) is 16.0. The number of anilines is 1. The van der Waals surface area contributed by atoms with E-state index in [0.717, 1.165) is 18.2 Å². The number of para-hydroxylation sites is 3. The van der Waals surface area contributed by atoms with Gasteiger partial charge in [-0.05, 0) is 31.5 Å². The molecule has 29 heavy (non-hydrogen) atoms. The van der Waals surface area contributed by atoms with Gasteiger partial charge in [0.1, 0.15) is 5.69 Å². The molecular formula is C20H20N4O4S. The van der Waals surface area contributed by atoms with Crippen LogP contribution in [0.5, 0.6) is 0 Å². The fourth-order valence-corrected chi connectivity index (χ4v) is 3.75. The molecule has 3 aromatic rings. The van der Waals surface area contributed by atoms with E-state index in [1.807, 2.05) is 13.8 Å². The van der Waals surface area contributed by atoms with Crippen molar-refractivity contribution in [3.63, 3.8) is 0 Å². The van der Waals surface area contributed by atoms with Gasteiger partial charge in [0.2, 0.25) is 5.91 Å². The number of carbonyl (C=O) groups excluding carboxylic acids is 1. The monoisotopic (exact) mass is 412 g/mol. The molecule has 0 aliphatic heterocycles. The zero-order valence-corrected chi connectivity index (χ0v) is 16.8. The number of nitro groups is 1. The lowest BCUT2D eigenvalue weighted by molar-refractivity contribution is -0.383. The third-order valence-corrected chi connectivity index (χ3v) is 5.47. The summed E-state index contributed by atoms with van der Waals surface area (Å²) in [6, 6.07) is 13.0. The van der Waals surface area contributed by atoms with Gasteiger partial charge in [0.25, 0.3) is 11.2 Å². The van der Waals surface area contributed by atoms with Crippen LogP contribution in [-0.4, -0.2) is 26.1 Å². The summed E-state index contributed by atoms with van der Waals surface area (Å²) in [6.07, 6.45) is 0.732. The van der Waals surface area contributed by atoms with Crippen molar-refractivity contribution in [1.29, 1.82) is 0 Å². The molecule has 3 rings (SSSR count). The fraction of sp³-hybridized carbons (Fsp3) is 0.250. The Bertz CT molecular complexity index is 1130. The lowest BCUT2D eigenvalue weighted by Gasteiger charge is -2.18. The Morgan fingerprint density at radius 3 is 2.66 bits per heavy atom. The summed E-state index contributed by atoms with van der Waals surface area (Å²) in [7, 11) is 0. The molecule has 0 saturated carbocycles. The molecule has 0 radical (unpaired) electrons. The van der Waals surface area contributed by atoms with E-state index < -0.39 is 10.8 Å². The van der Waals surface area contributed by atoms with Crippen molar-refractivity contribution in [1.82, 2.24) is 9.55 Å². The van der Waals surface area contributed by atoms with Gasteiger partial charge < -0.3 is 5.32 Å². The van der Waals surface area contributed by atoms with Crippen molar-refractivity contribution in [2.75, 3.05) is 11.1 Å². The molecule has 9 heteroatoms. The lowest BCUT2D eigenvalue weighted by Crippen LogP contribution is -2.26. The van der Waals surface area contributed by atoms with E-state index in [9.17, 15) is 19.7 Å². The van der Waals surface area contributed by atoms with Gasteiger partial charge in [-0.2, -0.15) is 0 Å². The standard InChI is InChI=1S/C20H20N4O4S/c1-3-13(2)23-19(26)14-8-4-5-9-15(14)22-20(23)29-12-18(25)21-16-10-6-7-11-17(16)24(27)28/h4-11,13H,3,12H2,1-2H3,(H,21,25)/t13-/m0/s1. The number of carbonyl (C=O) groups is 1. The van der Waals surface area contributed by atoms with Gasteiger partial charge in [-0.25, -0.2) is 4.98 Å². The summed E-state index contributed by atoms with van der Waals surface area (Å²) in [6.45, 7) is 3.90. The largest absolute Gasteiger partial charge is 0.320 e. The van der Waals surface area contributed by atoms with Crippen molar-refractivity contribution in [2.45, 2.75) is 31.5 Å². The van der Waals surface area contributed by atoms with Gasteiger partial charge in [0.15, 0.2) is 5.16 Å². The van der Waals surface area contributed by atoms with Crippen molar-refractivity contribution in [3.05, 3.63) is 69.0 Å². The van der Waals surface area contributed by atoms with Gasteiger partial charge in [-0.3, -0.25) is 24.3 Å². The summed E-state index contributed by atoms with van der Waals surface area (Å²) >= 11 is 1.13. The average molecular weight is 412 g/mol. The van der Waals surface area contributed by atoms with Crippen LogP contribution in [-0.2, 0) is 4.79 Å². The Kier molecular flexibility index (Phi) is 6.28. The van der Waals surface area contributed by atoms with Crippen LogP contribution < -0.4 is 10.9 Å². The van der Waals surface area contributed by atoms with E-state index in [-0.39, 0.29) is 28.7 Å². The Hall–Kier alpha value is -3.20. The molecule has 0 saturated heterocycles. The normalized spacial score (nSPS) is 11.9. The van der Waals surface area contributed by atoms with Crippen LogP contribution >= 0.6 is 11.8 Å². The number of benzene rings is 2. The second-order valence-corrected chi connectivity index (χ2v) is 7.40. The van der Waals surface area contributed by atoms with Crippen LogP contribution in [0.4, 0.5) is 11.4 Å². The summed E-state index contributed by atoms with van der Waals surface area (Å²) in [5, 5.41) is 14.6. The highest BCUT2D eigenvalue weighted by Crippen LogP contribution is 2.25. The number of rotatable bonds is 7. The maximum Gasteiger partial charge on any atom is 0.292 e. The molecule has 0 unspecified atom stereocenters. The molecule has 0 bridgehead atoms. The van der Waals surface area contributed by atoms with Crippen molar-refractivity contribution < 1.29 is 9.72 Å². The number of nitro benzene ring substituents is 1. The average Bonchev–Trinajstić information content (AvgIpc) is 2.72. The summed E-state index contributed by atoms with van der Waals surface area (Å²) in [5.74, 6) is -0.449. The number of nitrogens with one attached hydrogen (secondary N) is 1. The number of thioether (sulfide) groups is 1. The minimum absolute atomic E-state index is 0.0345. The molecule has 2 aromatic carbocycles. The second-order valence-electron chi connectivity index (χ2n) is 6.46. The van der Waals surface area contributed by atoms with Gasteiger partial charge in [-0.15, -0.1) is 0 Å². The molecule has 1 aromatic heterocycles. The summed E-state index contributed by atoms with van der Waals surface area (Å²) in [4.78, 5) is 40.4. The second kappa shape index (κ2) is 8.87. The number of hydrogen-bond donors (Lipinski definition) is 1. The molecule has 8 nitrogen and oxygen atoms in total. The SMILES string of the molecule is CC[C@H](C)n1c(SCC(=O)Nc2ccccc2[N+](=O)[O-])nc2ccccc2c1=O. The third kappa shape index (κ3) is 4.45. The smallest absolute Gasteiger partial charge is 0.292 e. The molecule has 0 aliphatic rings. The van der Waals surface area contributed by atoms with Crippen molar-refractivity contribution in [2.24, 2.45) is 0 Å². The van der Waals surface area contributed by atoms with Crippen LogP contribution in [0.15, 0.2) is 58.5 Å². The van der Waals surface area contributed by atoms with E-state index in [0.29, 0.717) is 16.1 Å². The minimum Gasteiger partial charge on any atom is -0.320 e. The van der Waals surface area contributed by atoms with E-state index in [1.165, 1.54) is 18.2 Å². The van der Waals surface area contributed by atoms with Gasteiger partial charge in [-0.1, -0.05) is 43.0 Å². The van der Waals surface area contributed by atoms with Gasteiger partial charge in [0, 0.05) is 12.1 Å². The third-order valence-electron chi connectivity index (χ3n) is 4.51. The predicted octanol–water partition coefficient (Wildman–Crippen LogP) is 4.01. The molecular weight excluding hydrogens is 392 g/mol. The number of nitrogens with zero attached hydrogens (tertiary/aromatic N) is 3. The van der Waals surface area contributed by atoms with Gasteiger partial charge >= 0.3 is 0 Å². The predicted molar refractivity (Wildman–Crippen MR) is 113 cm³/mol. The highest BCUT2D eigenvalue weighted by atomic mass is 32.2. The number of amides is 1. The van der Waals surface area contributed by atoms with Crippen LogP contribution in [0.1, 0.15) is 26.3 Å². The first kappa shape index (κ1) is 20.5. The van der Waals surface area contributed by atoms with Crippen LogP contribution in [0, 0.1) is 10.1 Å². The van der Waals surface area contributed by atoms with Crippen LogP contribution in [0.3, 0.4) is 0 Å². The Morgan fingerprint density at radius 2 is 1.93 bits per heavy atom. The van der Waals surface area contributed by atoms with E-state index in [2.05, 4.69) is 10.3 Å². The molecule has 1 heterocycles. The Balaban J connectivity index is 1.86. The minimum atomic E-state index is -0.547. The quantitative estimate of drug-likeness (QED) is 0.272. The Morgan fingerprint density at radius 1 is 1.24 bits per heavy atom. The number of hydrogen-bond acceptors (Lipinski definition) is 6. The topological polar surface area (TPSA) is 107 Å².